The van der Waals surface area contributed by atoms with Crippen LogP contribution in [0, 0.1) is 26.6 Å². The number of halogens is 2. The third-order valence-electron chi connectivity index (χ3n) is 4.27. The molecule has 0 saturated carbocycles. The molecule has 0 aliphatic carbocycles. The highest BCUT2D eigenvalue weighted by Gasteiger charge is 2.17. The minimum atomic E-state index is -0.379. The molecule has 0 atom stereocenters. The first-order chi connectivity index (χ1) is 12.4. The number of amides is 1. The predicted molar refractivity (Wildman–Crippen MR) is 101 cm³/mol. The van der Waals surface area contributed by atoms with E-state index in [9.17, 15) is 9.18 Å². The largest absolute Gasteiger partial charge is 0.319 e. The van der Waals surface area contributed by atoms with Crippen LogP contribution in [-0.2, 0) is 6.54 Å². The summed E-state index contributed by atoms with van der Waals surface area (Å²) in [5, 5.41) is 7.69. The lowest BCUT2D eigenvalue weighted by atomic mass is 10.1. The Morgan fingerprint density at radius 2 is 1.92 bits per heavy atom. The molecule has 0 radical (unpaired) electrons. The molecular formula is C20H19ClFN3O. The summed E-state index contributed by atoms with van der Waals surface area (Å²) in [6.07, 6.45) is 0. The fraction of sp³-hybridized carbons (Fsp3) is 0.200. The maximum atomic E-state index is 14.0. The Morgan fingerprint density at radius 1 is 1.19 bits per heavy atom. The number of nitrogens with one attached hydrogen (secondary N) is 1. The third kappa shape index (κ3) is 3.63. The van der Waals surface area contributed by atoms with E-state index in [1.165, 1.54) is 6.07 Å². The number of nitrogens with zero attached hydrogens (tertiary/aromatic N) is 2. The van der Waals surface area contributed by atoms with Gasteiger partial charge in [-0.05, 0) is 45.0 Å². The van der Waals surface area contributed by atoms with E-state index in [-0.39, 0.29) is 18.3 Å². The van der Waals surface area contributed by atoms with Gasteiger partial charge in [-0.25, -0.2) is 4.39 Å². The second-order valence-corrected chi connectivity index (χ2v) is 6.63. The molecule has 0 aliphatic rings. The molecule has 1 N–H and O–H groups in total. The SMILES string of the molecule is Cc1cccc(C(=O)Nc2c(C)nn(Cc3c(F)cccc3Cl)c2C)c1. The van der Waals surface area contributed by atoms with E-state index in [2.05, 4.69) is 10.4 Å². The van der Waals surface area contributed by atoms with Crippen molar-refractivity contribution in [3.05, 3.63) is 81.4 Å². The quantitative estimate of drug-likeness (QED) is 0.708. The summed E-state index contributed by atoms with van der Waals surface area (Å²) in [7, 11) is 0. The van der Waals surface area contributed by atoms with Crippen LogP contribution in [0.5, 0.6) is 0 Å². The first kappa shape index (κ1) is 18.1. The smallest absolute Gasteiger partial charge is 0.255 e. The minimum Gasteiger partial charge on any atom is -0.319 e. The lowest BCUT2D eigenvalue weighted by Gasteiger charge is -2.09. The number of hydrogen-bond acceptors (Lipinski definition) is 2. The summed E-state index contributed by atoms with van der Waals surface area (Å²) in [6, 6.07) is 11.9. The average molecular weight is 372 g/mol. The van der Waals surface area contributed by atoms with Gasteiger partial charge in [0.1, 0.15) is 5.82 Å². The van der Waals surface area contributed by atoms with Crippen molar-refractivity contribution in [3.8, 4) is 0 Å². The van der Waals surface area contributed by atoms with Crippen LogP contribution < -0.4 is 5.32 Å². The summed E-state index contributed by atoms with van der Waals surface area (Å²) >= 11 is 6.11. The first-order valence-electron chi connectivity index (χ1n) is 8.21. The molecular weight excluding hydrogens is 353 g/mol. The van der Waals surface area contributed by atoms with Gasteiger partial charge in [0.05, 0.1) is 23.6 Å². The van der Waals surface area contributed by atoms with Gasteiger partial charge in [0.25, 0.3) is 5.91 Å². The van der Waals surface area contributed by atoms with Crippen LogP contribution in [0.3, 0.4) is 0 Å². The molecule has 0 spiro atoms. The van der Waals surface area contributed by atoms with E-state index in [4.69, 9.17) is 11.6 Å². The van der Waals surface area contributed by atoms with E-state index >= 15 is 0 Å². The summed E-state index contributed by atoms with van der Waals surface area (Å²) in [5.74, 6) is -0.584. The van der Waals surface area contributed by atoms with Crippen molar-refractivity contribution in [3.63, 3.8) is 0 Å². The van der Waals surface area contributed by atoms with Crippen LogP contribution in [0.2, 0.25) is 5.02 Å². The van der Waals surface area contributed by atoms with Crippen LogP contribution in [0.15, 0.2) is 42.5 Å². The molecule has 26 heavy (non-hydrogen) atoms. The zero-order valence-electron chi connectivity index (χ0n) is 14.8. The van der Waals surface area contributed by atoms with Crippen molar-refractivity contribution < 1.29 is 9.18 Å². The van der Waals surface area contributed by atoms with Gasteiger partial charge in [0.2, 0.25) is 0 Å². The van der Waals surface area contributed by atoms with Gasteiger partial charge < -0.3 is 5.32 Å². The zero-order chi connectivity index (χ0) is 18.8. The molecule has 134 valence electrons. The Hall–Kier alpha value is -2.66. The fourth-order valence-corrected chi connectivity index (χ4v) is 3.06. The molecule has 0 bridgehead atoms. The standard InChI is InChI=1S/C20H19ClFN3O/c1-12-6-4-7-15(10-12)20(26)23-19-13(2)24-25(14(19)3)11-16-17(21)8-5-9-18(16)22/h4-10H,11H2,1-3H3,(H,23,26). The second-order valence-electron chi connectivity index (χ2n) is 6.23. The molecule has 1 heterocycles. The fourth-order valence-electron chi connectivity index (χ4n) is 2.84. The van der Waals surface area contributed by atoms with Crippen LogP contribution in [0.4, 0.5) is 10.1 Å². The molecule has 2 aromatic carbocycles. The van der Waals surface area contributed by atoms with Crippen molar-refractivity contribution in [1.29, 1.82) is 0 Å². The molecule has 1 amide bonds. The van der Waals surface area contributed by atoms with E-state index in [0.717, 1.165) is 11.3 Å². The molecule has 3 rings (SSSR count). The molecule has 0 aliphatic heterocycles. The van der Waals surface area contributed by atoms with Crippen LogP contribution >= 0.6 is 11.6 Å². The number of anilines is 1. The number of rotatable bonds is 4. The summed E-state index contributed by atoms with van der Waals surface area (Å²) in [4.78, 5) is 12.5. The van der Waals surface area contributed by atoms with Crippen LogP contribution in [-0.4, -0.2) is 15.7 Å². The zero-order valence-corrected chi connectivity index (χ0v) is 15.6. The topological polar surface area (TPSA) is 46.9 Å². The lowest BCUT2D eigenvalue weighted by molar-refractivity contribution is 0.102. The second kappa shape index (κ2) is 7.30. The van der Waals surface area contributed by atoms with E-state index < -0.39 is 0 Å². The molecule has 0 unspecified atom stereocenters. The maximum Gasteiger partial charge on any atom is 0.255 e. The monoisotopic (exact) mass is 371 g/mol. The molecule has 0 fully saturated rings. The average Bonchev–Trinajstić information content (AvgIpc) is 2.85. The Bertz CT molecular complexity index is 961. The molecule has 6 heteroatoms. The highest BCUT2D eigenvalue weighted by Crippen LogP contribution is 2.25. The van der Waals surface area contributed by atoms with Crippen molar-refractivity contribution in [2.24, 2.45) is 0 Å². The number of carbonyl (C=O) groups is 1. The number of benzene rings is 2. The van der Waals surface area contributed by atoms with Gasteiger partial charge in [-0.2, -0.15) is 5.10 Å². The van der Waals surface area contributed by atoms with E-state index in [1.54, 1.807) is 29.8 Å². The van der Waals surface area contributed by atoms with Gasteiger partial charge in [-0.1, -0.05) is 35.4 Å². The molecule has 3 aromatic rings. The molecule has 4 nitrogen and oxygen atoms in total. The van der Waals surface area contributed by atoms with Crippen LogP contribution in [0.1, 0.15) is 32.9 Å². The summed E-state index contributed by atoms with van der Waals surface area (Å²) in [5.41, 5.74) is 3.99. The Labute approximate surface area is 156 Å². The van der Waals surface area contributed by atoms with Crippen molar-refractivity contribution in [2.45, 2.75) is 27.3 Å². The Balaban J connectivity index is 1.88. The normalized spacial score (nSPS) is 10.8. The van der Waals surface area contributed by atoms with Crippen molar-refractivity contribution in [1.82, 2.24) is 9.78 Å². The number of carbonyl (C=O) groups excluding carboxylic acids is 1. The van der Waals surface area contributed by atoms with Gasteiger partial charge >= 0.3 is 0 Å². The number of aryl methyl sites for hydroxylation is 2. The van der Waals surface area contributed by atoms with Gasteiger partial charge in [0, 0.05) is 16.1 Å². The molecule has 1 aromatic heterocycles. The number of aromatic nitrogens is 2. The minimum absolute atomic E-state index is 0.193. The van der Waals surface area contributed by atoms with E-state index in [1.807, 2.05) is 32.0 Å². The predicted octanol–water partition coefficient (Wildman–Crippen LogP) is 4.90. The van der Waals surface area contributed by atoms with Gasteiger partial charge in [0.15, 0.2) is 0 Å². The van der Waals surface area contributed by atoms with Gasteiger partial charge in [-0.15, -0.1) is 0 Å². The summed E-state index contributed by atoms with van der Waals surface area (Å²) in [6.45, 7) is 5.76. The Kier molecular flexibility index (Phi) is 5.09. The highest BCUT2D eigenvalue weighted by atomic mass is 35.5. The number of hydrogen-bond donors (Lipinski definition) is 1. The Morgan fingerprint density at radius 3 is 2.62 bits per heavy atom. The van der Waals surface area contributed by atoms with E-state index in [0.29, 0.717) is 27.5 Å². The summed E-state index contributed by atoms with van der Waals surface area (Å²) < 4.78 is 15.7. The lowest BCUT2D eigenvalue weighted by Crippen LogP contribution is -2.13. The van der Waals surface area contributed by atoms with Crippen molar-refractivity contribution >= 4 is 23.2 Å². The highest BCUT2D eigenvalue weighted by molar-refractivity contribution is 6.31. The maximum absolute atomic E-state index is 14.0. The van der Waals surface area contributed by atoms with Gasteiger partial charge in [-0.3, -0.25) is 9.48 Å². The van der Waals surface area contributed by atoms with Crippen molar-refractivity contribution in [2.75, 3.05) is 5.32 Å². The third-order valence-corrected chi connectivity index (χ3v) is 4.62. The molecule has 0 saturated heterocycles. The first-order valence-corrected chi connectivity index (χ1v) is 8.59. The van der Waals surface area contributed by atoms with Crippen LogP contribution in [0.25, 0.3) is 0 Å².